The Labute approximate surface area is 203 Å². The van der Waals surface area contributed by atoms with Crippen LogP contribution in [0.5, 0.6) is 0 Å². The summed E-state index contributed by atoms with van der Waals surface area (Å²) in [7, 11) is 0. The Morgan fingerprint density at radius 3 is 2.29 bits per heavy atom. The molecule has 3 aromatic carbocycles. The van der Waals surface area contributed by atoms with Crippen molar-refractivity contribution in [3.05, 3.63) is 78.0 Å². The largest absolute Gasteiger partial charge is 0.481 e. The summed E-state index contributed by atoms with van der Waals surface area (Å²) >= 11 is 0. The minimum absolute atomic E-state index is 0.0690. The van der Waals surface area contributed by atoms with Crippen molar-refractivity contribution < 1.29 is 18.7 Å². The fraction of sp³-hybridized carbons (Fsp3) is 0.310. The first-order valence-electron chi connectivity index (χ1n) is 12.1. The third-order valence-electron chi connectivity index (χ3n) is 7.04. The molecule has 0 amide bonds. The van der Waals surface area contributed by atoms with E-state index in [1.807, 2.05) is 42.6 Å². The summed E-state index contributed by atoms with van der Waals surface area (Å²) in [5.41, 5.74) is 4.03. The van der Waals surface area contributed by atoms with Crippen LogP contribution in [0.4, 0.5) is 8.78 Å². The summed E-state index contributed by atoms with van der Waals surface area (Å²) in [5, 5.41) is 13.4. The number of aryl methyl sites for hydroxylation is 1. The third-order valence-corrected chi connectivity index (χ3v) is 7.04. The average molecular weight is 475 g/mol. The van der Waals surface area contributed by atoms with Gasteiger partial charge in [-0.3, -0.25) is 9.78 Å². The highest BCUT2D eigenvalue weighted by Gasteiger charge is 2.33. The first-order valence-corrected chi connectivity index (χ1v) is 12.1. The van der Waals surface area contributed by atoms with Gasteiger partial charge >= 0.3 is 5.97 Å². The molecule has 0 radical (unpaired) electrons. The number of aromatic nitrogens is 1. The molecule has 180 valence electrons. The molecule has 1 aliphatic heterocycles. The van der Waals surface area contributed by atoms with Crippen LogP contribution in [-0.2, 0) is 17.6 Å². The molecule has 35 heavy (non-hydrogen) atoms. The molecular weight excluding hydrogens is 446 g/mol. The lowest BCUT2D eigenvalue weighted by Gasteiger charge is -2.31. The Morgan fingerprint density at radius 1 is 0.857 bits per heavy atom. The van der Waals surface area contributed by atoms with E-state index in [0.29, 0.717) is 19.5 Å². The quantitative estimate of drug-likeness (QED) is 0.339. The van der Waals surface area contributed by atoms with Crippen molar-refractivity contribution in [1.29, 1.82) is 0 Å². The van der Waals surface area contributed by atoms with Crippen LogP contribution >= 0.6 is 0 Å². The summed E-state index contributed by atoms with van der Waals surface area (Å²) in [6.45, 7) is 1.59. The number of piperidine rings is 1. The van der Waals surface area contributed by atoms with Crippen LogP contribution in [0.2, 0.25) is 0 Å². The van der Waals surface area contributed by atoms with Crippen LogP contribution in [0, 0.1) is 0 Å². The zero-order valence-corrected chi connectivity index (χ0v) is 19.5. The Kier molecular flexibility index (Phi) is 6.48. The number of hydrogen-bond donors (Lipinski definition) is 1. The molecule has 1 N–H and O–H groups in total. The Hall–Kier alpha value is -3.38. The molecule has 1 saturated heterocycles. The van der Waals surface area contributed by atoms with Gasteiger partial charge in [-0.2, -0.15) is 0 Å². The number of hydrogen-bond acceptors (Lipinski definition) is 3. The molecule has 5 rings (SSSR count). The van der Waals surface area contributed by atoms with Crippen LogP contribution in [-0.4, -0.2) is 46.5 Å². The molecule has 2 heterocycles. The van der Waals surface area contributed by atoms with Crippen molar-refractivity contribution in [2.45, 2.75) is 38.0 Å². The zero-order valence-electron chi connectivity index (χ0n) is 19.5. The number of carboxylic acid groups (broad SMARTS) is 1. The van der Waals surface area contributed by atoms with E-state index in [2.05, 4.69) is 29.2 Å². The van der Waals surface area contributed by atoms with Gasteiger partial charge in [0.05, 0.1) is 5.69 Å². The number of rotatable bonds is 7. The summed E-state index contributed by atoms with van der Waals surface area (Å²) in [6.07, 6.45) is 3.11. The van der Waals surface area contributed by atoms with E-state index < -0.39 is 11.9 Å². The van der Waals surface area contributed by atoms with Crippen molar-refractivity contribution in [1.82, 2.24) is 9.88 Å². The van der Waals surface area contributed by atoms with E-state index in [-0.39, 0.29) is 19.3 Å². The number of pyridine rings is 1. The van der Waals surface area contributed by atoms with Crippen molar-refractivity contribution in [3.8, 4) is 11.3 Å². The lowest BCUT2D eigenvalue weighted by Crippen LogP contribution is -2.40. The molecule has 1 aromatic heterocycles. The number of benzene rings is 3. The number of halogens is 2. The predicted molar refractivity (Wildman–Crippen MR) is 135 cm³/mol. The standard InChI is InChI=1S/C29H28F2N2O2/c30-29(31)14-17-33(18-15-29)16-13-21-19-32-28(25-7-2-1-6-23(21)25)26-10-4-8-22-20(11-12-27(34)35)5-3-9-24(22)26/h1-10,19H,11-18H2,(H,34,35). The highest BCUT2D eigenvalue weighted by Crippen LogP contribution is 2.35. The van der Waals surface area contributed by atoms with Crippen LogP contribution in [0.25, 0.3) is 32.8 Å². The van der Waals surface area contributed by atoms with Gasteiger partial charge in [0, 0.05) is 56.0 Å². The summed E-state index contributed by atoms with van der Waals surface area (Å²) in [5.74, 6) is -3.34. The Bertz CT molecular complexity index is 1380. The summed E-state index contributed by atoms with van der Waals surface area (Å²) in [6, 6.07) is 20.3. The van der Waals surface area contributed by atoms with Crippen LogP contribution in [0.15, 0.2) is 66.9 Å². The molecule has 0 bridgehead atoms. The molecule has 0 atom stereocenters. The maximum atomic E-state index is 13.5. The van der Waals surface area contributed by atoms with Gasteiger partial charge in [-0.25, -0.2) is 8.78 Å². The molecule has 1 aliphatic rings. The predicted octanol–water partition coefficient (Wildman–Crippen LogP) is 6.35. The number of carboxylic acids is 1. The SMILES string of the molecule is O=C(O)CCc1cccc2c(-c3ncc(CCN4CCC(F)(F)CC4)c4ccccc34)cccc12. The van der Waals surface area contributed by atoms with Crippen molar-refractivity contribution >= 4 is 27.5 Å². The van der Waals surface area contributed by atoms with Crippen LogP contribution < -0.4 is 0 Å². The molecule has 6 heteroatoms. The highest BCUT2D eigenvalue weighted by molar-refractivity contribution is 6.05. The van der Waals surface area contributed by atoms with E-state index in [0.717, 1.165) is 56.9 Å². The Morgan fingerprint density at radius 2 is 1.51 bits per heavy atom. The topological polar surface area (TPSA) is 53.4 Å². The second-order valence-corrected chi connectivity index (χ2v) is 9.34. The van der Waals surface area contributed by atoms with E-state index in [1.165, 1.54) is 0 Å². The van der Waals surface area contributed by atoms with E-state index >= 15 is 0 Å². The minimum Gasteiger partial charge on any atom is -0.481 e. The number of likely N-dealkylation sites (tertiary alicyclic amines) is 1. The van der Waals surface area contributed by atoms with Crippen molar-refractivity contribution in [3.63, 3.8) is 0 Å². The average Bonchev–Trinajstić information content (AvgIpc) is 2.86. The number of aliphatic carboxylic acids is 1. The molecule has 0 saturated carbocycles. The summed E-state index contributed by atoms with van der Waals surface area (Å²) in [4.78, 5) is 18.1. The lowest BCUT2D eigenvalue weighted by molar-refractivity contribution is -0.136. The van der Waals surface area contributed by atoms with Gasteiger partial charge in [-0.1, -0.05) is 60.7 Å². The van der Waals surface area contributed by atoms with Gasteiger partial charge in [-0.05, 0) is 40.1 Å². The van der Waals surface area contributed by atoms with Gasteiger partial charge in [0.25, 0.3) is 5.92 Å². The van der Waals surface area contributed by atoms with Gasteiger partial charge in [0.15, 0.2) is 0 Å². The van der Waals surface area contributed by atoms with Crippen LogP contribution in [0.1, 0.15) is 30.4 Å². The third kappa shape index (κ3) is 5.03. The fourth-order valence-corrected chi connectivity index (χ4v) is 5.09. The van der Waals surface area contributed by atoms with Gasteiger partial charge < -0.3 is 10.0 Å². The zero-order chi connectivity index (χ0) is 24.4. The first kappa shape index (κ1) is 23.4. The lowest BCUT2D eigenvalue weighted by atomic mass is 9.93. The molecule has 0 unspecified atom stereocenters. The molecule has 0 aliphatic carbocycles. The van der Waals surface area contributed by atoms with Gasteiger partial charge in [-0.15, -0.1) is 0 Å². The smallest absolute Gasteiger partial charge is 0.303 e. The van der Waals surface area contributed by atoms with Crippen molar-refractivity contribution in [2.24, 2.45) is 0 Å². The van der Waals surface area contributed by atoms with E-state index in [4.69, 9.17) is 10.1 Å². The molecule has 1 fully saturated rings. The monoisotopic (exact) mass is 474 g/mol. The van der Waals surface area contributed by atoms with E-state index in [1.54, 1.807) is 0 Å². The Balaban J connectivity index is 1.48. The molecule has 4 aromatic rings. The van der Waals surface area contributed by atoms with E-state index in [9.17, 15) is 13.6 Å². The second kappa shape index (κ2) is 9.70. The van der Waals surface area contributed by atoms with Crippen LogP contribution in [0.3, 0.4) is 0 Å². The summed E-state index contributed by atoms with van der Waals surface area (Å²) < 4.78 is 27.0. The fourth-order valence-electron chi connectivity index (χ4n) is 5.09. The first-order chi connectivity index (χ1) is 16.9. The normalized spacial score (nSPS) is 16.1. The highest BCUT2D eigenvalue weighted by atomic mass is 19.3. The van der Waals surface area contributed by atoms with Crippen molar-refractivity contribution in [2.75, 3.05) is 19.6 Å². The maximum absolute atomic E-state index is 13.5. The molecule has 0 spiro atoms. The van der Waals surface area contributed by atoms with Gasteiger partial charge in [0.2, 0.25) is 0 Å². The number of fused-ring (bicyclic) bond motifs is 2. The second-order valence-electron chi connectivity index (χ2n) is 9.34. The number of nitrogens with zero attached hydrogens (tertiary/aromatic N) is 2. The molecular formula is C29H28F2N2O2. The number of carbonyl (C=O) groups is 1. The molecule has 4 nitrogen and oxygen atoms in total. The minimum atomic E-state index is -2.53. The van der Waals surface area contributed by atoms with Gasteiger partial charge in [0.1, 0.15) is 0 Å². The number of alkyl halides is 2. The maximum Gasteiger partial charge on any atom is 0.303 e.